The second-order valence-corrected chi connectivity index (χ2v) is 6.54. The van der Waals surface area contributed by atoms with Gasteiger partial charge in [-0.2, -0.15) is 0 Å². The number of carboxylic acids is 1. The SMILES string of the molecule is CC(=O)NC(CC(=O)N[C@@H](CC(C)C)C(=O)O)c1cccs1. The largest absolute Gasteiger partial charge is 0.480 e. The van der Waals surface area contributed by atoms with E-state index in [0.717, 1.165) is 4.88 Å². The molecule has 0 bridgehead atoms. The monoisotopic (exact) mass is 326 g/mol. The Kier molecular flexibility index (Phi) is 7.04. The third-order valence-corrected chi connectivity index (χ3v) is 3.98. The molecule has 1 aromatic rings. The van der Waals surface area contributed by atoms with Gasteiger partial charge in [-0.05, 0) is 23.8 Å². The molecule has 0 saturated heterocycles. The molecular weight excluding hydrogens is 304 g/mol. The summed E-state index contributed by atoms with van der Waals surface area (Å²) in [7, 11) is 0. The lowest BCUT2D eigenvalue weighted by Crippen LogP contribution is -2.43. The topological polar surface area (TPSA) is 95.5 Å². The second-order valence-electron chi connectivity index (χ2n) is 5.56. The van der Waals surface area contributed by atoms with E-state index in [1.54, 1.807) is 0 Å². The Morgan fingerprint density at radius 3 is 2.41 bits per heavy atom. The molecule has 0 aliphatic carbocycles. The zero-order valence-electron chi connectivity index (χ0n) is 13.0. The van der Waals surface area contributed by atoms with E-state index >= 15 is 0 Å². The maximum atomic E-state index is 12.1. The average Bonchev–Trinajstić information content (AvgIpc) is 2.89. The number of amides is 2. The van der Waals surface area contributed by atoms with Gasteiger partial charge in [0.05, 0.1) is 12.5 Å². The number of thiophene rings is 1. The van der Waals surface area contributed by atoms with Crippen LogP contribution >= 0.6 is 11.3 Å². The van der Waals surface area contributed by atoms with E-state index in [1.165, 1.54) is 18.3 Å². The fraction of sp³-hybridized carbons (Fsp3) is 0.533. The van der Waals surface area contributed by atoms with Gasteiger partial charge < -0.3 is 15.7 Å². The number of carboxylic acid groups (broad SMARTS) is 1. The summed E-state index contributed by atoms with van der Waals surface area (Å²) in [5.41, 5.74) is 0. The molecule has 0 spiro atoms. The Morgan fingerprint density at radius 2 is 1.95 bits per heavy atom. The summed E-state index contributed by atoms with van der Waals surface area (Å²) in [4.78, 5) is 35.4. The first-order valence-electron chi connectivity index (χ1n) is 7.12. The molecule has 2 atom stereocenters. The minimum Gasteiger partial charge on any atom is -0.480 e. The van der Waals surface area contributed by atoms with Gasteiger partial charge >= 0.3 is 5.97 Å². The van der Waals surface area contributed by atoms with Crippen molar-refractivity contribution < 1.29 is 19.5 Å². The average molecular weight is 326 g/mol. The van der Waals surface area contributed by atoms with E-state index in [1.807, 2.05) is 31.4 Å². The number of aliphatic carboxylic acids is 1. The summed E-state index contributed by atoms with van der Waals surface area (Å²) in [5.74, 6) is -1.51. The van der Waals surface area contributed by atoms with E-state index in [-0.39, 0.29) is 24.2 Å². The molecule has 0 aliphatic rings. The number of carbonyl (C=O) groups excluding carboxylic acids is 2. The molecule has 0 fully saturated rings. The molecule has 0 radical (unpaired) electrons. The first-order chi connectivity index (χ1) is 10.3. The quantitative estimate of drug-likeness (QED) is 0.680. The van der Waals surface area contributed by atoms with Gasteiger partial charge in [0.1, 0.15) is 6.04 Å². The molecule has 0 aliphatic heterocycles. The molecule has 6 nitrogen and oxygen atoms in total. The number of nitrogens with one attached hydrogen (secondary N) is 2. The molecule has 1 unspecified atom stereocenters. The van der Waals surface area contributed by atoms with Crippen LogP contribution in [0.4, 0.5) is 0 Å². The van der Waals surface area contributed by atoms with Gasteiger partial charge in [0.15, 0.2) is 0 Å². The summed E-state index contributed by atoms with van der Waals surface area (Å²) < 4.78 is 0. The molecule has 7 heteroatoms. The van der Waals surface area contributed by atoms with Crippen molar-refractivity contribution in [3.63, 3.8) is 0 Å². The van der Waals surface area contributed by atoms with Crippen molar-refractivity contribution in [3.8, 4) is 0 Å². The van der Waals surface area contributed by atoms with Gasteiger partial charge in [-0.3, -0.25) is 9.59 Å². The highest BCUT2D eigenvalue weighted by atomic mass is 32.1. The molecule has 1 heterocycles. The van der Waals surface area contributed by atoms with Crippen LogP contribution in [0, 0.1) is 5.92 Å². The highest BCUT2D eigenvalue weighted by Gasteiger charge is 2.24. The Balaban J connectivity index is 2.70. The Bertz CT molecular complexity index is 514. The normalized spacial score (nSPS) is 13.5. The van der Waals surface area contributed by atoms with E-state index in [4.69, 9.17) is 5.11 Å². The van der Waals surface area contributed by atoms with Crippen molar-refractivity contribution in [2.75, 3.05) is 0 Å². The Hall–Kier alpha value is -1.89. The molecule has 22 heavy (non-hydrogen) atoms. The van der Waals surface area contributed by atoms with Gasteiger partial charge in [0.25, 0.3) is 0 Å². The van der Waals surface area contributed by atoms with Crippen LogP contribution in [0.25, 0.3) is 0 Å². The molecule has 1 rings (SSSR count). The van der Waals surface area contributed by atoms with Gasteiger partial charge in [-0.1, -0.05) is 19.9 Å². The molecule has 0 aromatic carbocycles. The van der Waals surface area contributed by atoms with Crippen molar-refractivity contribution in [1.29, 1.82) is 0 Å². The number of hydrogen-bond donors (Lipinski definition) is 3. The van der Waals surface area contributed by atoms with E-state index in [9.17, 15) is 14.4 Å². The fourth-order valence-corrected chi connectivity index (χ4v) is 2.87. The lowest BCUT2D eigenvalue weighted by Gasteiger charge is -2.20. The van der Waals surface area contributed by atoms with Crippen molar-refractivity contribution >= 4 is 29.1 Å². The molecule has 122 valence electrons. The minimum atomic E-state index is -1.05. The molecular formula is C15H22N2O4S. The number of hydrogen-bond acceptors (Lipinski definition) is 4. The first-order valence-corrected chi connectivity index (χ1v) is 8.00. The number of carbonyl (C=O) groups is 3. The minimum absolute atomic E-state index is 0.0158. The maximum Gasteiger partial charge on any atom is 0.326 e. The van der Waals surface area contributed by atoms with Crippen LogP contribution in [-0.2, 0) is 14.4 Å². The maximum absolute atomic E-state index is 12.1. The third-order valence-electron chi connectivity index (χ3n) is 2.99. The Morgan fingerprint density at radius 1 is 1.27 bits per heavy atom. The van der Waals surface area contributed by atoms with Crippen molar-refractivity contribution in [3.05, 3.63) is 22.4 Å². The standard InChI is InChI=1S/C15H22N2O4S/c1-9(2)7-12(15(20)21)17-14(19)8-11(16-10(3)18)13-5-4-6-22-13/h4-6,9,11-12H,7-8H2,1-3H3,(H,16,18)(H,17,19)(H,20,21)/t11?,12-/m0/s1. The third kappa shape index (κ3) is 6.26. The zero-order chi connectivity index (χ0) is 16.7. The predicted molar refractivity (Wildman–Crippen MR) is 84.5 cm³/mol. The Labute approximate surface area is 133 Å². The number of rotatable bonds is 8. The van der Waals surface area contributed by atoms with Crippen LogP contribution in [0.3, 0.4) is 0 Å². The van der Waals surface area contributed by atoms with Gasteiger partial charge in [-0.25, -0.2) is 4.79 Å². The summed E-state index contributed by atoms with van der Waals surface area (Å²) >= 11 is 1.44. The van der Waals surface area contributed by atoms with E-state index < -0.39 is 18.1 Å². The fourth-order valence-electron chi connectivity index (χ4n) is 2.09. The molecule has 2 amide bonds. The van der Waals surface area contributed by atoms with Crippen LogP contribution in [0.15, 0.2) is 17.5 Å². The summed E-state index contributed by atoms with van der Waals surface area (Å²) in [6.45, 7) is 5.18. The lowest BCUT2D eigenvalue weighted by molar-refractivity contribution is -0.142. The van der Waals surface area contributed by atoms with Crippen LogP contribution in [0.2, 0.25) is 0 Å². The zero-order valence-corrected chi connectivity index (χ0v) is 13.8. The highest BCUT2D eigenvalue weighted by molar-refractivity contribution is 7.10. The van der Waals surface area contributed by atoms with Crippen LogP contribution in [-0.4, -0.2) is 28.9 Å². The van der Waals surface area contributed by atoms with Gasteiger partial charge in [0, 0.05) is 11.8 Å². The van der Waals surface area contributed by atoms with Crippen LogP contribution in [0.1, 0.15) is 44.5 Å². The molecule has 0 saturated carbocycles. The van der Waals surface area contributed by atoms with Gasteiger partial charge in [-0.15, -0.1) is 11.3 Å². The summed E-state index contributed by atoms with van der Waals surface area (Å²) in [5, 5.41) is 16.3. The molecule has 1 aromatic heterocycles. The smallest absolute Gasteiger partial charge is 0.326 e. The summed E-state index contributed by atoms with van der Waals surface area (Å²) in [6, 6.07) is 2.33. The van der Waals surface area contributed by atoms with Crippen LogP contribution < -0.4 is 10.6 Å². The van der Waals surface area contributed by atoms with Crippen molar-refractivity contribution in [1.82, 2.24) is 10.6 Å². The van der Waals surface area contributed by atoms with Crippen molar-refractivity contribution in [2.24, 2.45) is 5.92 Å². The van der Waals surface area contributed by atoms with E-state index in [2.05, 4.69) is 10.6 Å². The van der Waals surface area contributed by atoms with Crippen LogP contribution in [0.5, 0.6) is 0 Å². The lowest BCUT2D eigenvalue weighted by atomic mass is 10.0. The van der Waals surface area contributed by atoms with Gasteiger partial charge in [0.2, 0.25) is 11.8 Å². The highest BCUT2D eigenvalue weighted by Crippen LogP contribution is 2.22. The summed E-state index contributed by atoms with van der Waals surface area (Å²) in [6.07, 6.45) is 0.382. The van der Waals surface area contributed by atoms with Crippen molar-refractivity contribution in [2.45, 2.75) is 45.7 Å². The first kappa shape index (κ1) is 18.2. The van der Waals surface area contributed by atoms with E-state index in [0.29, 0.717) is 6.42 Å². The second kappa shape index (κ2) is 8.53. The predicted octanol–water partition coefficient (Wildman–Crippen LogP) is 1.93. The molecule has 3 N–H and O–H groups in total.